The van der Waals surface area contributed by atoms with Crippen LogP contribution in [0.25, 0.3) is 11.1 Å². The predicted molar refractivity (Wildman–Crippen MR) is 219 cm³/mol. The molecule has 14 heteroatoms. The van der Waals surface area contributed by atoms with Gasteiger partial charge in [0.15, 0.2) is 22.3 Å². The van der Waals surface area contributed by atoms with Gasteiger partial charge in [0.1, 0.15) is 11.4 Å². The van der Waals surface area contributed by atoms with Crippen LogP contribution in [0.5, 0.6) is 0 Å². The highest BCUT2D eigenvalue weighted by molar-refractivity contribution is 7.91. The molecule has 2 aliphatic heterocycles. The number of nitrogens with one attached hydrogen (secondary N) is 2. The minimum absolute atomic E-state index is 0.0198. The molecule has 1 aliphatic carbocycles. The lowest BCUT2D eigenvalue weighted by molar-refractivity contribution is -0.129. The van der Waals surface area contributed by atoms with Gasteiger partial charge in [-0.15, -0.1) is 5.11 Å². The highest BCUT2D eigenvalue weighted by atomic mass is 32.2. The molecule has 6 rings (SSSR count). The highest BCUT2D eigenvalue weighted by Crippen LogP contribution is 2.32. The molecule has 57 heavy (non-hydrogen) atoms. The number of hydrogen-bond donors (Lipinski definition) is 2. The van der Waals surface area contributed by atoms with Crippen molar-refractivity contribution >= 4 is 45.1 Å². The van der Waals surface area contributed by atoms with E-state index in [4.69, 9.17) is 4.74 Å². The Morgan fingerprint density at radius 3 is 2.18 bits per heavy atom. The van der Waals surface area contributed by atoms with Gasteiger partial charge in [-0.25, -0.2) is 18.2 Å². The van der Waals surface area contributed by atoms with Gasteiger partial charge in [0.2, 0.25) is 5.91 Å². The molecular weight excluding hydrogens is 745 g/mol. The molecule has 3 amide bonds. The van der Waals surface area contributed by atoms with Crippen LogP contribution in [0.4, 0.5) is 10.5 Å². The normalized spacial score (nSPS) is 19.6. The summed E-state index contributed by atoms with van der Waals surface area (Å²) >= 11 is 0. The van der Waals surface area contributed by atoms with Crippen LogP contribution in [-0.2, 0) is 30.6 Å². The number of Topliss-reactive ketones (excluding diaryl/α,β-unsaturated/α-hetero) is 1. The summed E-state index contributed by atoms with van der Waals surface area (Å²) in [7, 11) is -3.09. The van der Waals surface area contributed by atoms with Crippen molar-refractivity contribution in [3.05, 3.63) is 89.0 Å². The standard InChI is InChI=1S/C43H52N6O7S/c1-28-23-34(41(52)49-19-21-57(54,55)22-20-49)15-18-37(28)31-9-5-29(6-10-31)24-35(40(51)47-36-16-13-33(14-17-36)39-45-27-46-48-39)25-38(50)32-11-7-30(8-12-32)26-44-42(53)56-43(2,3)4/h5-6,9-10,13-18,23,30,32,35H,7-8,11-12,19-22,24-27H2,1-4H3,(H,44,53)(H,47,51)/t30?,32?,35-/m1/s1. The number of benzene rings is 3. The SMILES string of the molecule is Cc1cc(C(=O)N2CCS(=O)(=O)CC2)ccc1-c1ccc(C[C@H](CC(=O)C2CCC(CNC(=O)OC(C)(C)C)CC2)C(=O)Nc2ccc(C3=NCN=N3)cc2)cc1. The van der Waals surface area contributed by atoms with Crippen LogP contribution in [0.15, 0.2) is 82.0 Å². The third-order valence-corrected chi connectivity index (χ3v) is 12.4. The lowest BCUT2D eigenvalue weighted by Gasteiger charge is -2.29. The van der Waals surface area contributed by atoms with E-state index in [-0.39, 0.29) is 60.4 Å². The summed E-state index contributed by atoms with van der Waals surface area (Å²) in [5, 5.41) is 13.8. The predicted octanol–water partition coefficient (Wildman–Crippen LogP) is 6.79. The minimum Gasteiger partial charge on any atom is -0.444 e. The van der Waals surface area contributed by atoms with E-state index in [2.05, 4.69) is 25.9 Å². The van der Waals surface area contributed by atoms with Crippen molar-refractivity contribution in [3.63, 3.8) is 0 Å². The number of amidine groups is 1. The largest absolute Gasteiger partial charge is 0.444 e. The van der Waals surface area contributed by atoms with Crippen LogP contribution in [0, 0.1) is 24.7 Å². The van der Waals surface area contributed by atoms with Crippen molar-refractivity contribution in [1.82, 2.24) is 10.2 Å². The van der Waals surface area contributed by atoms with E-state index in [1.165, 1.54) is 0 Å². The molecular formula is C43H52N6O7S. The maximum atomic E-state index is 13.9. The Morgan fingerprint density at radius 2 is 1.56 bits per heavy atom. The second kappa shape index (κ2) is 17.9. The number of carbonyl (C=O) groups excluding carboxylic acids is 4. The minimum atomic E-state index is -3.09. The molecule has 0 bridgehead atoms. The number of ketones is 1. The zero-order chi connectivity index (χ0) is 40.7. The van der Waals surface area contributed by atoms with Gasteiger partial charge >= 0.3 is 6.09 Å². The Kier molecular flexibility index (Phi) is 13.0. The van der Waals surface area contributed by atoms with Crippen LogP contribution < -0.4 is 10.6 Å². The van der Waals surface area contributed by atoms with Crippen molar-refractivity contribution in [2.75, 3.05) is 43.1 Å². The molecule has 302 valence electrons. The molecule has 2 heterocycles. The van der Waals surface area contributed by atoms with Crippen molar-refractivity contribution in [1.29, 1.82) is 0 Å². The molecule has 0 spiro atoms. The second-order valence-electron chi connectivity index (χ2n) is 16.3. The Bertz CT molecular complexity index is 2120. The van der Waals surface area contributed by atoms with Crippen LogP contribution in [0.1, 0.15) is 79.9 Å². The average molecular weight is 797 g/mol. The fourth-order valence-corrected chi connectivity index (χ4v) is 8.75. The van der Waals surface area contributed by atoms with E-state index >= 15 is 0 Å². The van der Waals surface area contributed by atoms with Crippen LogP contribution in [-0.4, -0.2) is 86.3 Å². The first-order valence-electron chi connectivity index (χ1n) is 19.6. The molecule has 2 N–H and O–H groups in total. The first-order valence-corrected chi connectivity index (χ1v) is 21.5. The molecule has 1 saturated heterocycles. The molecule has 1 atom stereocenters. The summed E-state index contributed by atoms with van der Waals surface area (Å²) < 4.78 is 29.0. The molecule has 1 saturated carbocycles. The number of amides is 3. The third-order valence-electron chi connectivity index (χ3n) is 10.8. The molecule has 2 fully saturated rings. The van der Waals surface area contributed by atoms with Crippen molar-refractivity contribution in [2.45, 2.75) is 71.8 Å². The summed E-state index contributed by atoms with van der Waals surface area (Å²) in [6.45, 7) is 8.61. The van der Waals surface area contributed by atoms with Crippen LogP contribution in [0.2, 0.25) is 0 Å². The van der Waals surface area contributed by atoms with Gasteiger partial charge in [-0.3, -0.25) is 14.4 Å². The van der Waals surface area contributed by atoms with Crippen molar-refractivity contribution in [3.8, 4) is 11.1 Å². The van der Waals surface area contributed by atoms with E-state index in [1.54, 1.807) is 23.1 Å². The number of sulfone groups is 1. The molecule has 0 radical (unpaired) electrons. The van der Waals surface area contributed by atoms with E-state index in [1.807, 2.05) is 76.2 Å². The quantitative estimate of drug-likeness (QED) is 0.203. The van der Waals surface area contributed by atoms with Gasteiger partial charge in [-0.05, 0) is 124 Å². The Balaban J connectivity index is 1.11. The number of alkyl carbamates (subject to hydrolysis) is 1. The molecule has 3 aromatic rings. The zero-order valence-corrected chi connectivity index (χ0v) is 33.9. The van der Waals surface area contributed by atoms with Gasteiger partial charge < -0.3 is 20.3 Å². The summed E-state index contributed by atoms with van der Waals surface area (Å²) in [6.07, 6.45) is 3.04. The number of ether oxygens (including phenoxy) is 1. The number of carbonyl (C=O) groups is 4. The molecule has 3 aromatic carbocycles. The zero-order valence-electron chi connectivity index (χ0n) is 33.1. The Labute approximate surface area is 334 Å². The number of aryl methyl sites for hydroxylation is 1. The lowest BCUT2D eigenvalue weighted by Crippen LogP contribution is -2.43. The Hall–Kier alpha value is -5.24. The topological polar surface area (TPSA) is 176 Å². The van der Waals surface area contributed by atoms with Crippen molar-refractivity contribution in [2.24, 2.45) is 33.0 Å². The van der Waals surface area contributed by atoms with Gasteiger partial charge in [0.25, 0.3) is 5.91 Å². The maximum Gasteiger partial charge on any atom is 0.407 e. The average Bonchev–Trinajstić information content (AvgIpc) is 3.72. The van der Waals surface area contributed by atoms with E-state index in [0.29, 0.717) is 49.6 Å². The summed E-state index contributed by atoms with van der Waals surface area (Å²) in [6, 6.07) is 20.7. The number of anilines is 1. The molecule has 3 aliphatic rings. The van der Waals surface area contributed by atoms with Crippen LogP contribution in [0.3, 0.4) is 0 Å². The fourth-order valence-electron chi connectivity index (χ4n) is 7.55. The van der Waals surface area contributed by atoms with Gasteiger partial charge in [0.05, 0.1) is 11.5 Å². The number of nitrogens with zero attached hydrogens (tertiary/aromatic N) is 4. The number of hydrogen-bond acceptors (Lipinski definition) is 10. The van der Waals surface area contributed by atoms with Crippen molar-refractivity contribution < 1.29 is 32.3 Å². The summed E-state index contributed by atoms with van der Waals surface area (Å²) in [5.74, 6) is -0.342. The number of rotatable bonds is 12. The first-order chi connectivity index (χ1) is 27.1. The monoisotopic (exact) mass is 796 g/mol. The number of aliphatic imine (C=N–C) groups is 1. The van der Waals surface area contributed by atoms with E-state index in [0.717, 1.165) is 40.7 Å². The molecule has 0 unspecified atom stereocenters. The first kappa shape index (κ1) is 41.4. The molecule has 13 nitrogen and oxygen atoms in total. The van der Waals surface area contributed by atoms with E-state index in [9.17, 15) is 27.6 Å². The number of azo groups is 1. The van der Waals surface area contributed by atoms with Gasteiger partial charge in [-0.1, -0.05) is 30.3 Å². The second-order valence-corrected chi connectivity index (χ2v) is 18.6. The highest BCUT2D eigenvalue weighted by Gasteiger charge is 2.31. The lowest BCUT2D eigenvalue weighted by atomic mass is 9.77. The smallest absolute Gasteiger partial charge is 0.407 e. The van der Waals surface area contributed by atoms with Gasteiger partial charge in [0, 0.05) is 54.7 Å². The van der Waals surface area contributed by atoms with Gasteiger partial charge in [-0.2, -0.15) is 5.11 Å². The summed E-state index contributed by atoms with van der Waals surface area (Å²) in [5.41, 5.74) is 5.07. The summed E-state index contributed by atoms with van der Waals surface area (Å²) in [4.78, 5) is 58.8. The Morgan fingerprint density at radius 1 is 0.895 bits per heavy atom. The third kappa shape index (κ3) is 11.4. The van der Waals surface area contributed by atoms with E-state index < -0.39 is 27.4 Å². The van der Waals surface area contributed by atoms with Crippen LogP contribution >= 0.6 is 0 Å². The maximum absolute atomic E-state index is 13.9. The fraction of sp³-hybridized carbons (Fsp3) is 0.465. The molecule has 0 aromatic heterocycles.